The highest BCUT2D eigenvalue weighted by Gasteiger charge is 2.28. The molecule has 2 aromatic carbocycles. The van der Waals surface area contributed by atoms with E-state index in [9.17, 15) is 12.8 Å². The highest BCUT2D eigenvalue weighted by molar-refractivity contribution is 7.88. The van der Waals surface area contributed by atoms with Crippen molar-refractivity contribution in [2.45, 2.75) is 5.75 Å². The lowest BCUT2D eigenvalue weighted by Crippen LogP contribution is -3.15. The number of benzene rings is 2. The van der Waals surface area contributed by atoms with Crippen LogP contribution in [-0.4, -0.2) is 52.1 Å². The van der Waals surface area contributed by atoms with Crippen LogP contribution in [0.15, 0.2) is 54.6 Å². The predicted molar refractivity (Wildman–Crippen MR) is 98.1 cm³/mol. The number of hydrogen-bond donors (Lipinski definition) is 1. The van der Waals surface area contributed by atoms with Gasteiger partial charge in [0.25, 0.3) is 0 Å². The van der Waals surface area contributed by atoms with Gasteiger partial charge in [-0.1, -0.05) is 30.3 Å². The molecule has 5 nitrogen and oxygen atoms in total. The first kappa shape index (κ1) is 18.8. The van der Waals surface area contributed by atoms with Crippen LogP contribution in [0.1, 0.15) is 5.56 Å². The smallest absolute Gasteiger partial charge is 0.218 e. The zero-order chi connectivity index (χ0) is 18.4. The van der Waals surface area contributed by atoms with Crippen molar-refractivity contribution in [1.82, 2.24) is 4.31 Å². The van der Waals surface area contributed by atoms with E-state index in [1.807, 2.05) is 30.3 Å². The van der Waals surface area contributed by atoms with Crippen LogP contribution >= 0.6 is 0 Å². The summed E-state index contributed by atoms with van der Waals surface area (Å²) in [6.45, 7) is 3.91. The number of piperazine rings is 1. The molecule has 1 saturated heterocycles. The highest BCUT2D eigenvalue weighted by atomic mass is 32.2. The number of rotatable bonds is 7. The summed E-state index contributed by atoms with van der Waals surface area (Å²) in [6, 6.07) is 15.2. The fourth-order valence-electron chi connectivity index (χ4n) is 3.05. The van der Waals surface area contributed by atoms with Crippen molar-refractivity contribution in [3.8, 4) is 5.75 Å². The minimum absolute atomic E-state index is 0.0524. The minimum Gasteiger partial charge on any atom is -0.488 e. The molecule has 1 aliphatic rings. The van der Waals surface area contributed by atoms with Gasteiger partial charge in [-0.3, -0.25) is 0 Å². The van der Waals surface area contributed by atoms with Crippen molar-refractivity contribution in [2.75, 3.05) is 39.3 Å². The van der Waals surface area contributed by atoms with Gasteiger partial charge in [0.2, 0.25) is 10.0 Å². The maximum atomic E-state index is 12.9. The van der Waals surface area contributed by atoms with Crippen molar-refractivity contribution in [1.29, 1.82) is 0 Å². The van der Waals surface area contributed by atoms with Gasteiger partial charge in [-0.15, -0.1) is 0 Å². The SMILES string of the molecule is O=S(=O)(Cc1ccccc1)N1CC[NH+](CCOc2ccc(F)cc2)CC1. The molecule has 1 fully saturated rings. The Labute approximate surface area is 154 Å². The molecule has 2 aromatic rings. The second-order valence-corrected chi connectivity index (χ2v) is 8.41. The molecule has 3 rings (SSSR count). The molecule has 0 aromatic heterocycles. The number of nitrogens with zero attached hydrogens (tertiary/aromatic N) is 1. The average Bonchev–Trinajstić information content (AvgIpc) is 2.64. The van der Waals surface area contributed by atoms with E-state index in [1.165, 1.54) is 17.0 Å². The Balaban J connectivity index is 1.43. The van der Waals surface area contributed by atoms with E-state index < -0.39 is 10.0 Å². The Bertz CT molecular complexity index is 789. The Morgan fingerprint density at radius 3 is 2.31 bits per heavy atom. The monoisotopic (exact) mass is 379 g/mol. The summed E-state index contributed by atoms with van der Waals surface area (Å²) in [5.41, 5.74) is 0.815. The van der Waals surface area contributed by atoms with E-state index in [1.54, 1.807) is 16.4 Å². The normalized spacial score (nSPS) is 16.5. The summed E-state index contributed by atoms with van der Waals surface area (Å²) >= 11 is 0. The minimum atomic E-state index is -3.27. The molecule has 26 heavy (non-hydrogen) atoms. The second kappa shape index (κ2) is 8.62. The Kier molecular flexibility index (Phi) is 6.24. The molecule has 0 aliphatic carbocycles. The first-order valence-corrected chi connectivity index (χ1v) is 10.4. The van der Waals surface area contributed by atoms with Crippen LogP contribution in [0, 0.1) is 5.82 Å². The maximum absolute atomic E-state index is 12.9. The number of quaternary nitrogens is 1. The standard InChI is InChI=1S/C19H23FN2O3S/c20-18-6-8-19(9-7-18)25-15-14-21-10-12-22(13-11-21)26(23,24)16-17-4-2-1-3-5-17/h1-9H,10-16H2/p+1. The molecular formula is C19H24FN2O3S+. The van der Waals surface area contributed by atoms with E-state index in [-0.39, 0.29) is 11.6 Å². The summed E-state index contributed by atoms with van der Waals surface area (Å²) in [5.74, 6) is 0.419. The summed E-state index contributed by atoms with van der Waals surface area (Å²) < 4.78 is 45.2. The van der Waals surface area contributed by atoms with Crippen LogP contribution in [0.2, 0.25) is 0 Å². The van der Waals surface area contributed by atoms with E-state index >= 15 is 0 Å². The lowest BCUT2D eigenvalue weighted by molar-refractivity contribution is -0.903. The Hall–Kier alpha value is -1.96. The van der Waals surface area contributed by atoms with Gasteiger partial charge in [-0.05, 0) is 29.8 Å². The van der Waals surface area contributed by atoms with Crippen LogP contribution in [0.4, 0.5) is 4.39 Å². The first-order chi connectivity index (χ1) is 12.5. The quantitative estimate of drug-likeness (QED) is 0.779. The molecule has 0 spiro atoms. The van der Waals surface area contributed by atoms with Gasteiger partial charge in [0.1, 0.15) is 24.7 Å². The molecule has 1 N–H and O–H groups in total. The van der Waals surface area contributed by atoms with Crippen molar-refractivity contribution >= 4 is 10.0 Å². The fourth-order valence-corrected chi connectivity index (χ4v) is 4.59. The van der Waals surface area contributed by atoms with E-state index in [0.717, 1.165) is 25.2 Å². The topological polar surface area (TPSA) is 51.0 Å². The van der Waals surface area contributed by atoms with Gasteiger partial charge in [0.15, 0.2) is 0 Å². The van der Waals surface area contributed by atoms with Gasteiger partial charge >= 0.3 is 0 Å². The number of ether oxygens (including phenoxy) is 1. The van der Waals surface area contributed by atoms with Crippen molar-refractivity contribution in [2.24, 2.45) is 0 Å². The molecule has 0 amide bonds. The molecule has 0 saturated carbocycles. The summed E-state index contributed by atoms with van der Waals surface area (Å²) in [7, 11) is -3.27. The molecule has 0 radical (unpaired) electrons. The molecule has 1 heterocycles. The van der Waals surface area contributed by atoms with E-state index in [4.69, 9.17) is 4.74 Å². The van der Waals surface area contributed by atoms with E-state index in [2.05, 4.69) is 0 Å². The fraction of sp³-hybridized carbons (Fsp3) is 0.368. The summed E-state index contributed by atoms with van der Waals surface area (Å²) in [5, 5.41) is 0. The lowest BCUT2D eigenvalue weighted by Gasteiger charge is -2.31. The molecule has 0 atom stereocenters. The molecule has 140 valence electrons. The van der Waals surface area contributed by atoms with Crippen LogP contribution in [-0.2, 0) is 15.8 Å². The van der Waals surface area contributed by atoms with Gasteiger partial charge in [0.05, 0.1) is 31.9 Å². The molecule has 7 heteroatoms. The molecule has 0 unspecified atom stereocenters. The third-order valence-electron chi connectivity index (χ3n) is 4.55. The summed E-state index contributed by atoms with van der Waals surface area (Å²) in [4.78, 5) is 1.32. The number of halogens is 1. The second-order valence-electron chi connectivity index (χ2n) is 6.44. The van der Waals surface area contributed by atoms with Gasteiger partial charge in [-0.2, -0.15) is 4.31 Å². The van der Waals surface area contributed by atoms with Crippen LogP contribution in [0.3, 0.4) is 0 Å². The Morgan fingerprint density at radius 2 is 1.65 bits per heavy atom. The zero-order valence-electron chi connectivity index (χ0n) is 14.6. The molecule has 0 bridgehead atoms. The number of hydrogen-bond acceptors (Lipinski definition) is 3. The number of sulfonamides is 1. The third kappa shape index (κ3) is 5.27. The van der Waals surface area contributed by atoms with E-state index in [0.29, 0.717) is 25.4 Å². The van der Waals surface area contributed by atoms with Crippen molar-refractivity contribution in [3.05, 3.63) is 66.0 Å². The van der Waals surface area contributed by atoms with Gasteiger partial charge < -0.3 is 9.64 Å². The van der Waals surface area contributed by atoms with Crippen LogP contribution < -0.4 is 9.64 Å². The van der Waals surface area contributed by atoms with Crippen molar-refractivity contribution in [3.63, 3.8) is 0 Å². The van der Waals surface area contributed by atoms with Crippen molar-refractivity contribution < 1.29 is 22.4 Å². The largest absolute Gasteiger partial charge is 0.488 e. The predicted octanol–water partition coefficient (Wildman–Crippen LogP) is 0.935. The third-order valence-corrected chi connectivity index (χ3v) is 6.40. The molecular weight excluding hydrogens is 355 g/mol. The molecule has 1 aliphatic heterocycles. The number of nitrogens with one attached hydrogen (secondary N) is 1. The Morgan fingerprint density at radius 1 is 1.00 bits per heavy atom. The zero-order valence-corrected chi connectivity index (χ0v) is 15.4. The van der Waals surface area contributed by atoms with Gasteiger partial charge in [-0.25, -0.2) is 12.8 Å². The lowest BCUT2D eigenvalue weighted by atomic mass is 10.2. The highest BCUT2D eigenvalue weighted by Crippen LogP contribution is 2.11. The van der Waals surface area contributed by atoms with Crippen LogP contribution in [0.5, 0.6) is 5.75 Å². The maximum Gasteiger partial charge on any atom is 0.218 e. The van der Waals surface area contributed by atoms with Gasteiger partial charge in [0, 0.05) is 0 Å². The summed E-state index contributed by atoms with van der Waals surface area (Å²) in [6.07, 6.45) is 0. The van der Waals surface area contributed by atoms with Crippen LogP contribution in [0.25, 0.3) is 0 Å². The average molecular weight is 379 g/mol. The first-order valence-electron chi connectivity index (χ1n) is 8.77.